The second kappa shape index (κ2) is 26.5. The minimum Gasteiger partial charge on any atom is -0.370 e. The number of unbranched alkanes of at least 4 members (excludes halogenated alkanes) is 3. The largest absolute Gasteiger partial charge is 0.399 e. The molecule has 2 unspecified atom stereocenters. The van der Waals surface area contributed by atoms with Crippen LogP contribution in [0.2, 0.25) is 0 Å². The van der Waals surface area contributed by atoms with Gasteiger partial charge in [-0.05, 0) is 124 Å². The lowest BCUT2D eigenvalue weighted by Crippen LogP contribution is -2.62. The highest BCUT2D eigenvalue weighted by Crippen LogP contribution is 2.59. The Morgan fingerprint density at radius 2 is 1.58 bits per heavy atom. The first kappa shape index (κ1) is 61.0. The summed E-state index contributed by atoms with van der Waals surface area (Å²) in [5.41, 5.74) is 1.95. The predicted molar refractivity (Wildman–Crippen MR) is 302 cm³/mol. The van der Waals surface area contributed by atoms with E-state index in [9.17, 15) is 61.5 Å². The van der Waals surface area contributed by atoms with Crippen molar-refractivity contribution in [1.82, 2.24) is 36.0 Å². The van der Waals surface area contributed by atoms with E-state index < -0.39 is 84.5 Å². The summed E-state index contributed by atoms with van der Waals surface area (Å²) in [5.74, 6) is 2.31. The van der Waals surface area contributed by atoms with Crippen LogP contribution in [0, 0.1) is 23.7 Å². The van der Waals surface area contributed by atoms with E-state index in [0.29, 0.717) is 59.9 Å². The van der Waals surface area contributed by atoms with Crippen LogP contribution in [0.25, 0.3) is 10.1 Å². The quantitative estimate of drug-likeness (QED) is 0.0316. The number of benzene rings is 2. The highest BCUT2D eigenvalue weighted by Gasteiger charge is 2.51. The van der Waals surface area contributed by atoms with Gasteiger partial charge in [0.1, 0.15) is 24.2 Å². The number of halogens is 2. The normalized spacial score (nSPS) is 22.3. The summed E-state index contributed by atoms with van der Waals surface area (Å²) in [5, 5.41) is 11.4. The van der Waals surface area contributed by atoms with Crippen molar-refractivity contribution in [3.05, 3.63) is 69.6 Å². The average molecular weight is 1190 g/mol. The zero-order chi connectivity index (χ0) is 59.2. The first-order valence-corrected chi connectivity index (χ1v) is 31.6. The lowest BCUT2D eigenvalue weighted by atomic mass is 9.73. The van der Waals surface area contributed by atoms with Gasteiger partial charge in [-0.25, -0.2) is 0 Å². The van der Waals surface area contributed by atoms with Crippen molar-refractivity contribution in [3.8, 4) is 11.8 Å². The molecule has 2 aromatic carbocycles. The Morgan fingerprint density at radius 1 is 0.855 bits per heavy atom. The number of alkyl halides is 2. The van der Waals surface area contributed by atoms with Crippen LogP contribution in [0.5, 0.6) is 0 Å². The van der Waals surface area contributed by atoms with Crippen molar-refractivity contribution in [1.29, 1.82) is 0 Å². The van der Waals surface area contributed by atoms with E-state index in [1.165, 1.54) is 26.8 Å². The van der Waals surface area contributed by atoms with Crippen LogP contribution in [0.15, 0.2) is 42.5 Å². The average Bonchev–Trinajstić information content (AvgIpc) is 4.43. The number of carbonyl (C=O) groups is 9. The Bertz CT molecular complexity index is 3110. The second-order valence-corrected chi connectivity index (χ2v) is 25.8. The fourth-order valence-electron chi connectivity index (χ4n) is 13.1. The molecule has 3 aromatic rings. The molecule has 446 valence electrons. The molecule has 2 aliphatic carbocycles. The number of amides is 9. The minimum absolute atomic E-state index is 0.0258. The number of imide groups is 1. The van der Waals surface area contributed by atoms with Crippen LogP contribution in [0.1, 0.15) is 178 Å². The van der Waals surface area contributed by atoms with Gasteiger partial charge < -0.3 is 46.2 Å². The summed E-state index contributed by atoms with van der Waals surface area (Å²) in [6.07, 6.45) is 13.8. The zero-order valence-corrected chi connectivity index (χ0v) is 48.1. The number of nitrogens with two attached hydrogens (primary N) is 1. The molecule has 6 aliphatic rings. The number of hydrogen-bond acceptors (Lipinski definition) is 11. The monoisotopic (exact) mass is 1190 g/mol. The number of nitrogens with one attached hydrogen (secondary N) is 4. The van der Waals surface area contributed by atoms with Gasteiger partial charge in [0.25, 0.3) is 11.8 Å². The summed E-state index contributed by atoms with van der Waals surface area (Å²) in [6.45, 7) is 0.0702. The molecule has 3 saturated heterocycles. The number of carbonyl (C=O) groups excluding carboxylic acids is 9. The van der Waals surface area contributed by atoms with Gasteiger partial charge >= 0.3 is 13.3 Å². The van der Waals surface area contributed by atoms with Gasteiger partial charge in [-0.3, -0.25) is 53.0 Å². The summed E-state index contributed by atoms with van der Waals surface area (Å²) in [4.78, 5) is 145. The number of thiophene rings is 1. The third kappa shape index (κ3) is 14.2. The number of nitrogens with zero attached hydrogens (tertiary/aromatic N) is 3. The van der Waals surface area contributed by atoms with Crippen LogP contribution >= 0.6 is 18.9 Å². The van der Waals surface area contributed by atoms with Gasteiger partial charge in [0, 0.05) is 78.8 Å². The molecule has 0 bridgehead atoms. The molecular weight excluding hydrogens is 1110 g/mol. The lowest BCUT2D eigenvalue weighted by molar-refractivity contribution is -0.145. The lowest BCUT2D eigenvalue weighted by Gasteiger charge is -2.40. The third-order valence-corrected chi connectivity index (χ3v) is 19.6. The van der Waals surface area contributed by atoms with Crippen LogP contribution in [-0.2, 0) is 50.3 Å². The molecule has 2 saturated carbocycles. The van der Waals surface area contributed by atoms with E-state index in [0.717, 1.165) is 87.7 Å². The number of hydrogen-bond donors (Lipinski definition) is 7. The third-order valence-electron chi connectivity index (χ3n) is 17.5. The fourth-order valence-corrected chi connectivity index (χ4v) is 14.5. The SMILES string of the molecule is NC(=O)CCC(NC(=O)[C@@H]1CC[C@@H]2CCN(C(=O)CCCCCC#Cc3cccc4c3CN(C3CCC(=O)NC3=O)C4=O)C[C@H](NC(=O)c3cc4cc(C(F)(F)P(=O)(O)O)ccc4s3)C(=O)N21)C(=O)NC(C1CCCCC1)C1CCCCC1. The van der Waals surface area contributed by atoms with Crippen molar-refractivity contribution in [3.63, 3.8) is 0 Å². The van der Waals surface area contributed by atoms with E-state index in [1.807, 2.05) is 6.07 Å². The van der Waals surface area contributed by atoms with Crippen LogP contribution in [-0.4, -0.2) is 127 Å². The van der Waals surface area contributed by atoms with Gasteiger partial charge in [-0.15, -0.1) is 11.3 Å². The molecule has 9 amide bonds. The molecule has 9 rings (SSSR count). The van der Waals surface area contributed by atoms with Crippen molar-refractivity contribution in [2.24, 2.45) is 17.6 Å². The van der Waals surface area contributed by atoms with Crippen LogP contribution in [0.3, 0.4) is 0 Å². The van der Waals surface area contributed by atoms with E-state index in [4.69, 9.17) is 5.73 Å². The van der Waals surface area contributed by atoms with E-state index in [1.54, 1.807) is 12.1 Å². The molecule has 0 radical (unpaired) electrons. The molecule has 1 aromatic heterocycles. The molecule has 0 spiro atoms. The van der Waals surface area contributed by atoms with Gasteiger partial charge in [0.15, 0.2) is 0 Å². The van der Waals surface area contributed by atoms with Gasteiger partial charge in [0.05, 0.1) is 4.88 Å². The van der Waals surface area contributed by atoms with E-state index in [-0.39, 0.29) is 104 Å². The van der Waals surface area contributed by atoms with Crippen molar-refractivity contribution >= 4 is 82.2 Å². The first-order valence-electron chi connectivity index (χ1n) is 29.2. The van der Waals surface area contributed by atoms with Gasteiger partial charge in [0.2, 0.25) is 41.4 Å². The molecule has 5 heterocycles. The predicted octanol–water partition coefficient (Wildman–Crippen LogP) is 5.98. The van der Waals surface area contributed by atoms with Crippen LogP contribution in [0.4, 0.5) is 8.78 Å². The maximum atomic E-state index is 15.1. The highest BCUT2D eigenvalue weighted by molar-refractivity contribution is 7.52. The number of piperidine rings is 1. The molecule has 5 fully saturated rings. The maximum Gasteiger partial charge on any atom is 0.399 e. The Balaban J connectivity index is 0.879. The van der Waals surface area contributed by atoms with E-state index in [2.05, 4.69) is 33.1 Å². The molecule has 83 heavy (non-hydrogen) atoms. The van der Waals surface area contributed by atoms with E-state index >= 15 is 4.79 Å². The molecule has 8 N–H and O–H groups in total. The topological polar surface area (TPSA) is 295 Å². The molecule has 4 aliphatic heterocycles. The molecule has 20 nitrogen and oxygen atoms in total. The summed E-state index contributed by atoms with van der Waals surface area (Å²) in [7, 11) is -5.91. The number of primary amides is 1. The van der Waals surface area contributed by atoms with Gasteiger partial charge in [-0.2, -0.15) is 8.78 Å². The first-order chi connectivity index (χ1) is 39.7. The highest BCUT2D eigenvalue weighted by atomic mass is 32.1. The summed E-state index contributed by atoms with van der Waals surface area (Å²) >= 11 is 0.891. The second-order valence-electron chi connectivity index (χ2n) is 23.1. The number of fused-ring (bicyclic) bond motifs is 3. The van der Waals surface area contributed by atoms with Crippen molar-refractivity contribution < 1.29 is 66.3 Å². The van der Waals surface area contributed by atoms with Crippen LogP contribution < -0.4 is 27.0 Å². The van der Waals surface area contributed by atoms with Crippen molar-refractivity contribution in [2.75, 3.05) is 13.1 Å². The maximum absolute atomic E-state index is 15.1. The summed E-state index contributed by atoms with van der Waals surface area (Å²) in [6, 6.07) is 4.40. The van der Waals surface area contributed by atoms with Crippen molar-refractivity contribution in [2.45, 2.75) is 190 Å². The Kier molecular flexibility index (Phi) is 19.5. The molecular formula is C59H73F2N8O12PS. The van der Waals surface area contributed by atoms with Gasteiger partial charge in [-0.1, -0.05) is 68.9 Å². The summed E-state index contributed by atoms with van der Waals surface area (Å²) < 4.78 is 41.5. The fraction of sp³-hybridized carbons (Fsp3) is 0.576. The standard InChI is InChI=1S/C59H73F2N8O12PS/c60-59(61,82(79,80)81)39-21-26-47-38(31-39)32-48(83-47)56(76)64-44-34-67(51(72)20-11-3-1-2-6-13-35-18-12-19-41-42(35)33-68(57(41)77)45-25-28-50(71)65-54(45)74)30-29-40-22-24-46(69(40)58(44)78)55(75)63-43(23-27-49(62)70)53(73)66-52(36-14-7-4-8-15-36)37-16-9-5-10-17-37/h12,18-19,21,26,31-32,36-37,40,43-46,52H,1-5,7-11,14-17,20,22-25,27-30,33-34H2,(H2,62,70)(H,63,75)(H,64,76)(H,66,73)(H,65,71,74)(H2,79,80,81)/t40-,43?,44+,45?,46+/m1/s1. The Labute approximate surface area is 484 Å². The Hall–Kier alpha value is -6.60. The smallest absolute Gasteiger partial charge is 0.370 e. The minimum atomic E-state index is -5.91. The molecule has 5 atom stereocenters. The number of rotatable bonds is 19. The Morgan fingerprint density at radius 3 is 2.27 bits per heavy atom. The molecule has 24 heteroatoms. The zero-order valence-electron chi connectivity index (χ0n) is 46.3.